The summed E-state index contributed by atoms with van der Waals surface area (Å²) in [5.41, 5.74) is 1.70. The highest BCUT2D eigenvalue weighted by atomic mass is 16.3. The molecule has 2 atom stereocenters. The lowest BCUT2D eigenvalue weighted by molar-refractivity contribution is -0.119. The first-order valence-electron chi connectivity index (χ1n) is 6.14. The van der Waals surface area contributed by atoms with Gasteiger partial charge in [-0.2, -0.15) is 0 Å². The Morgan fingerprint density at radius 3 is 2.79 bits per heavy atom. The second-order valence-corrected chi connectivity index (χ2v) is 4.69. The van der Waals surface area contributed by atoms with Crippen LogP contribution in [0.2, 0.25) is 0 Å². The molecule has 2 aromatic rings. The van der Waals surface area contributed by atoms with E-state index in [-0.39, 0.29) is 12.5 Å². The standard InChI is InChI=1S/C14H18N2O3/c1-9(17)15-8-13(18)14(19)11-3-4-12-10(7-11)5-6-16(12)2/h3-7,13-14,18-19H,8H2,1-2H3,(H,15,17). The molecule has 1 aromatic carbocycles. The number of hydrogen-bond acceptors (Lipinski definition) is 3. The predicted octanol–water partition coefficient (Wildman–Crippen LogP) is 0.709. The maximum atomic E-state index is 10.8. The first-order chi connectivity index (χ1) is 8.99. The number of carbonyl (C=O) groups excluding carboxylic acids is 1. The molecule has 5 heteroatoms. The number of fused-ring (bicyclic) bond motifs is 1. The summed E-state index contributed by atoms with van der Waals surface area (Å²) in [6.45, 7) is 1.40. The molecule has 0 saturated heterocycles. The molecule has 0 spiro atoms. The van der Waals surface area contributed by atoms with Crippen molar-refractivity contribution >= 4 is 16.8 Å². The molecule has 1 aromatic heterocycles. The van der Waals surface area contributed by atoms with E-state index in [1.165, 1.54) is 6.92 Å². The van der Waals surface area contributed by atoms with Crippen LogP contribution in [0, 0.1) is 0 Å². The van der Waals surface area contributed by atoms with Gasteiger partial charge in [-0.25, -0.2) is 0 Å². The smallest absolute Gasteiger partial charge is 0.216 e. The fourth-order valence-electron chi connectivity index (χ4n) is 2.07. The van der Waals surface area contributed by atoms with Crippen LogP contribution in [0.1, 0.15) is 18.6 Å². The summed E-state index contributed by atoms with van der Waals surface area (Å²) < 4.78 is 1.99. The Morgan fingerprint density at radius 1 is 1.37 bits per heavy atom. The van der Waals surface area contributed by atoms with Gasteiger partial charge in [0.25, 0.3) is 0 Å². The number of aliphatic hydroxyl groups is 2. The van der Waals surface area contributed by atoms with E-state index in [1.54, 1.807) is 6.07 Å². The van der Waals surface area contributed by atoms with Crippen molar-refractivity contribution in [1.82, 2.24) is 9.88 Å². The minimum absolute atomic E-state index is 0.0311. The highest BCUT2D eigenvalue weighted by Gasteiger charge is 2.19. The number of amides is 1. The average molecular weight is 262 g/mol. The van der Waals surface area contributed by atoms with Crippen LogP contribution in [0.15, 0.2) is 30.5 Å². The fraction of sp³-hybridized carbons (Fsp3) is 0.357. The molecule has 0 aliphatic rings. The van der Waals surface area contributed by atoms with Crippen molar-refractivity contribution in [2.45, 2.75) is 19.1 Å². The summed E-state index contributed by atoms with van der Waals surface area (Å²) in [4.78, 5) is 10.8. The Morgan fingerprint density at radius 2 is 2.11 bits per heavy atom. The summed E-state index contributed by atoms with van der Waals surface area (Å²) in [6, 6.07) is 7.48. The van der Waals surface area contributed by atoms with Gasteiger partial charge in [-0.3, -0.25) is 4.79 Å². The van der Waals surface area contributed by atoms with Crippen LogP contribution in [0.4, 0.5) is 0 Å². The second kappa shape index (κ2) is 5.42. The van der Waals surface area contributed by atoms with Crippen LogP contribution in [-0.4, -0.2) is 33.3 Å². The first kappa shape index (κ1) is 13.6. The number of nitrogens with zero attached hydrogens (tertiary/aromatic N) is 1. The van der Waals surface area contributed by atoms with Crippen molar-refractivity contribution in [3.05, 3.63) is 36.0 Å². The molecular formula is C14H18N2O3. The summed E-state index contributed by atoms with van der Waals surface area (Å²) >= 11 is 0. The molecule has 0 aliphatic heterocycles. The zero-order chi connectivity index (χ0) is 14.0. The van der Waals surface area contributed by atoms with E-state index in [0.717, 1.165) is 10.9 Å². The number of hydrogen-bond donors (Lipinski definition) is 3. The van der Waals surface area contributed by atoms with E-state index < -0.39 is 12.2 Å². The van der Waals surface area contributed by atoms with Crippen LogP contribution >= 0.6 is 0 Å². The molecule has 3 N–H and O–H groups in total. The Labute approximate surface area is 111 Å². The third-order valence-corrected chi connectivity index (χ3v) is 3.18. The highest BCUT2D eigenvalue weighted by molar-refractivity contribution is 5.80. The largest absolute Gasteiger partial charge is 0.388 e. The van der Waals surface area contributed by atoms with Crippen molar-refractivity contribution in [3.8, 4) is 0 Å². The van der Waals surface area contributed by atoms with Crippen molar-refractivity contribution in [3.63, 3.8) is 0 Å². The van der Waals surface area contributed by atoms with E-state index >= 15 is 0 Å². The lowest BCUT2D eigenvalue weighted by atomic mass is 10.0. The Bertz CT molecular complexity index is 591. The van der Waals surface area contributed by atoms with Gasteiger partial charge in [0.1, 0.15) is 12.2 Å². The molecule has 0 fully saturated rings. The minimum Gasteiger partial charge on any atom is -0.388 e. The van der Waals surface area contributed by atoms with Gasteiger partial charge >= 0.3 is 0 Å². The maximum absolute atomic E-state index is 10.8. The zero-order valence-electron chi connectivity index (χ0n) is 11.0. The topological polar surface area (TPSA) is 74.5 Å². The number of aromatic nitrogens is 1. The van der Waals surface area contributed by atoms with Crippen LogP contribution in [0.25, 0.3) is 10.9 Å². The van der Waals surface area contributed by atoms with E-state index in [0.29, 0.717) is 5.56 Å². The molecule has 5 nitrogen and oxygen atoms in total. The third kappa shape index (κ3) is 2.94. The lowest BCUT2D eigenvalue weighted by Gasteiger charge is -2.18. The van der Waals surface area contributed by atoms with E-state index in [4.69, 9.17) is 0 Å². The molecule has 1 heterocycles. The van der Waals surface area contributed by atoms with Gasteiger partial charge in [0.2, 0.25) is 5.91 Å². The lowest BCUT2D eigenvalue weighted by Crippen LogP contribution is -2.34. The summed E-state index contributed by atoms with van der Waals surface area (Å²) in [5, 5.41) is 23.4. The molecule has 0 radical (unpaired) electrons. The second-order valence-electron chi connectivity index (χ2n) is 4.69. The Kier molecular flexibility index (Phi) is 3.87. The highest BCUT2D eigenvalue weighted by Crippen LogP contribution is 2.22. The molecule has 2 unspecified atom stereocenters. The maximum Gasteiger partial charge on any atom is 0.216 e. The number of aliphatic hydroxyl groups excluding tert-OH is 2. The van der Waals surface area contributed by atoms with Gasteiger partial charge in [0, 0.05) is 32.2 Å². The molecule has 102 valence electrons. The molecule has 19 heavy (non-hydrogen) atoms. The van der Waals surface area contributed by atoms with E-state index in [9.17, 15) is 15.0 Å². The monoisotopic (exact) mass is 262 g/mol. The molecule has 0 saturated carbocycles. The fourth-order valence-corrected chi connectivity index (χ4v) is 2.07. The third-order valence-electron chi connectivity index (χ3n) is 3.18. The summed E-state index contributed by atoms with van der Waals surface area (Å²) in [5.74, 6) is -0.232. The van der Waals surface area contributed by atoms with Gasteiger partial charge in [-0.05, 0) is 29.1 Å². The summed E-state index contributed by atoms with van der Waals surface area (Å²) in [7, 11) is 1.95. The average Bonchev–Trinajstić information content (AvgIpc) is 2.76. The quantitative estimate of drug-likeness (QED) is 0.759. The van der Waals surface area contributed by atoms with Crippen molar-refractivity contribution in [2.24, 2.45) is 7.05 Å². The predicted molar refractivity (Wildman–Crippen MR) is 72.6 cm³/mol. The Balaban J connectivity index is 2.16. The van der Waals surface area contributed by atoms with Crippen LogP contribution in [0.5, 0.6) is 0 Å². The van der Waals surface area contributed by atoms with E-state index in [2.05, 4.69) is 5.32 Å². The SMILES string of the molecule is CC(=O)NCC(O)C(O)c1ccc2c(ccn2C)c1. The number of benzene rings is 1. The normalized spacial score (nSPS) is 14.3. The first-order valence-corrected chi connectivity index (χ1v) is 6.14. The Hall–Kier alpha value is -1.85. The van der Waals surface area contributed by atoms with E-state index in [1.807, 2.05) is 36.0 Å². The number of aryl methyl sites for hydroxylation is 1. The molecule has 0 aliphatic carbocycles. The minimum atomic E-state index is -1.02. The number of rotatable bonds is 4. The van der Waals surface area contributed by atoms with Crippen LogP contribution < -0.4 is 5.32 Å². The zero-order valence-corrected chi connectivity index (χ0v) is 11.0. The van der Waals surface area contributed by atoms with Crippen molar-refractivity contribution in [1.29, 1.82) is 0 Å². The van der Waals surface area contributed by atoms with Crippen LogP contribution in [0.3, 0.4) is 0 Å². The molecular weight excluding hydrogens is 244 g/mol. The van der Waals surface area contributed by atoms with Gasteiger partial charge in [0.05, 0.1) is 0 Å². The van der Waals surface area contributed by atoms with Crippen molar-refractivity contribution in [2.75, 3.05) is 6.54 Å². The number of nitrogens with one attached hydrogen (secondary N) is 1. The van der Waals surface area contributed by atoms with Gasteiger partial charge < -0.3 is 20.1 Å². The van der Waals surface area contributed by atoms with Gasteiger partial charge in [-0.1, -0.05) is 6.07 Å². The van der Waals surface area contributed by atoms with Gasteiger partial charge in [-0.15, -0.1) is 0 Å². The van der Waals surface area contributed by atoms with Gasteiger partial charge in [0.15, 0.2) is 0 Å². The molecule has 1 amide bonds. The van der Waals surface area contributed by atoms with Crippen molar-refractivity contribution < 1.29 is 15.0 Å². The number of carbonyl (C=O) groups is 1. The van der Waals surface area contributed by atoms with Crippen LogP contribution in [-0.2, 0) is 11.8 Å². The molecule has 2 rings (SSSR count). The molecule has 0 bridgehead atoms. The summed E-state index contributed by atoms with van der Waals surface area (Å²) in [6.07, 6.45) is -0.101.